The van der Waals surface area contributed by atoms with Crippen LogP contribution in [0.3, 0.4) is 0 Å². The Hall–Kier alpha value is -5.33. The maximum Gasteiger partial charge on any atom is 0.407 e. The Balaban J connectivity index is 1.04. The number of H-pyrrole nitrogens is 2. The van der Waals surface area contributed by atoms with E-state index in [-0.39, 0.29) is 29.8 Å². The van der Waals surface area contributed by atoms with Crippen LogP contribution >= 0.6 is 0 Å². The van der Waals surface area contributed by atoms with Crippen molar-refractivity contribution in [2.24, 2.45) is 11.8 Å². The van der Waals surface area contributed by atoms with Gasteiger partial charge >= 0.3 is 6.09 Å². The van der Waals surface area contributed by atoms with Gasteiger partial charge in [0.15, 0.2) is 23.0 Å². The van der Waals surface area contributed by atoms with Crippen LogP contribution in [-0.4, -0.2) is 73.9 Å². The number of carbonyl (C=O) groups excluding carboxylic acids is 3. The third-order valence-electron chi connectivity index (χ3n) is 11.0. The standard InChI is InChI=1S/C40H49N7O6/c1-6-23(3)18-35(48)46-16-8-10-29(46)27-21-41-37(43-27)25-12-14-31-33(19-25)52-32-15-13-26(20-34(32)53-31)38-42-22-28(44-38)30-11-9-17-47(30)39(49)36(24(4)7-2)45-40(50)51-5/h12-15,19-24,29-30,36H,6-11,16-18H2,1-5H3,(H,41,43)(H,42,44)(H,45,50). The molecule has 0 radical (unpaired) electrons. The first-order valence-electron chi connectivity index (χ1n) is 18.9. The van der Waals surface area contributed by atoms with Crippen molar-refractivity contribution in [3.05, 3.63) is 60.2 Å². The van der Waals surface area contributed by atoms with Crippen molar-refractivity contribution in [3.8, 4) is 45.8 Å². The second-order valence-corrected chi connectivity index (χ2v) is 14.6. The monoisotopic (exact) mass is 723 g/mol. The predicted molar refractivity (Wildman–Crippen MR) is 198 cm³/mol. The van der Waals surface area contributed by atoms with E-state index in [1.54, 1.807) is 6.20 Å². The van der Waals surface area contributed by atoms with Crippen molar-refractivity contribution in [1.29, 1.82) is 0 Å². The molecule has 2 aromatic heterocycles. The van der Waals surface area contributed by atoms with E-state index in [1.165, 1.54) is 7.11 Å². The number of nitrogens with one attached hydrogen (secondary N) is 3. The molecule has 3 N–H and O–H groups in total. The van der Waals surface area contributed by atoms with Gasteiger partial charge < -0.3 is 39.3 Å². The van der Waals surface area contributed by atoms with Crippen LogP contribution in [0.2, 0.25) is 0 Å². The lowest BCUT2D eigenvalue weighted by Gasteiger charge is -2.31. The first-order valence-corrected chi connectivity index (χ1v) is 18.9. The molecule has 53 heavy (non-hydrogen) atoms. The van der Waals surface area contributed by atoms with Gasteiger partial charge in [-0.15, -0.1) is 0 Å². The Morgan fingerprint density at radius 2 is 1.38 bits per heavy atom. The fraction of sp³-hybridized carbons (Fsp3) is 0.475. The molecule has 2 aromatic carbocycles. The molecule has 2 fully saturated rings. The zero-order valence-corrected chi connectivity index (χ0v) is 31.1. The number of benzene rings is 2. The van der Waals surface area contributed by atoms with Gasteiger partial charge in [0.1, 0.15) is 17.7 Å². The molecule has 13 heteroatoms. The van der Waals surface area contributed by atoms with E-state index in [0.29, 0.717) is 53.5 Å². The highest BCUT2D eigenvalue weighted by molar-refractivity contribution is 5.86. The number of ether oxygens (including phenoxy) is 3. The summed E-state index contributed by atoms with van der Waals surface area (Å²) in [4.78, 5) is 58.9. The van der Waals surface area contributed by atoms with E-state index >= 15 is 0 Å². The average Bonchev–Trinajstić information content (AvgIpc) is 4.01. The van der Waals surface area contributed by atoms with Crippen LogP contribution in [0.5, 0.6) is 23.0 Å². The number of alkyl carbamates (subject to hydrolysis) is 1. The maximum absolute atomic E-state index is 13.7. The quantitative estimate of drug-likeness (QED) is 0.124. The van der Waals surface area contributed by atoms with Gasteiger partial charge in [0.2, 0.25) is 11.8 Å². The molecule has 5 heterocycles. The van der Waals surface area contributed by atoms with Crippen LogP contribution in [-0.2, 0) is 14.3 Å². The Morgan fingerprint density at radius 1 is 0.830 bits per heavy atom. The van der Waals surface area contributed by atoms with Crippen LogP contribution in [0.25, 0.3) is 22.8 Å². The molecule has 0 saturated carbocycles. The van der Waals surface area contributed by atoms with Crippen LogP contribution in [0, 0.1) is 11.8 Å². The van der Waals surface area contributed by atoms with Gasteiger partial charge in [-0.05, 0) is 73.9 Å². The molecule has 0 bridgehead atoms. The van der Waals surface area contributed by atoms with E-state index in [9.17, 15) is 14.4 Å². The number of fused-ring (bicyclic) bond motifs is 2. The van der Waals surface area contributed by atoms with Gasteiger partial charge in [0, 0.05) is 30.6 Å². The summed E-state index contributed by atoms with van der Waals surface area (Å²) in [6.45, 7) is 9.57. The van der Waals surface area contributed by atoms with Crippen molar-refractivity contribution in [3.63, 3.8) is 0 Å². The van der Waals surface area contributed by atoms with E-state index in [1.807, 2.05) is 66.2 Å². The molecular formula is C40H49N7O6. The lowest BCUT2D eigenvalue weighted by Crippen LogP contribution is -2.51. The summed E-state index contributed by atoms with van der Waals surface area (Å²) in [5.74, 6) is 4.05. The minimum atomic E-state index is -0.678. The lowest BCUT2D eigenvalue weighted by atomic mass is 9.97. The number of aromatic nitrogens is 4. The predicted octanol–water partition coefficient (Wildman–Crippen LogP) is 7.90. The number of carbonyl (C=O) groups is 3. The normalized spacial score (nSPS) is 19.4. The largest absolute Gasteiger partial charge is 0.453 e. The van der Waals surface area contributed by atoms with Crippen molar-refractivity contribution in [2.45, 2.75) is 90.8 Å². The third-order valence-corrected chi connectivity index (χ3v) is 11.0. The van der Waals surface area contributed by atoms with E-state index < -0.39 is 12.1 Å². The smallest absolute Gasteiger partial charge is 0.407 e. The summed E-state index contributed by atoms with van der Waals surface area (Å²) in [6.07, 6.45) is 8.83. The molecule has 0 spiro atoms. The molecule has 3 amide bonds. The third kappa shape index (κ3) is 7.34. The molecule has 7 rings (SSSR count). The van der Waals surface area contributed by atoms with E-state index in [4.69, 9.17) is 14.2 Å². The number of nitrogens with zero attached hydrogens (tertiary/aromatic N) is 4. The number of likely N-dealkylation sites (tertiary alicyclic amines) is 2. The topological polar surface area (TPSA) is 155 Å². The summed E-state index contributed by atoms with van der Waals surface area (Å²) in [6, 6.07) is 10.5. The highest BCUT2D eigenvalue weighted by Crippen LogP contribution is 2.47. The van der Waals surface area contributed by atoms with Gasteiger partial charge in [0.25, 0.3) is 0 Å². The molecule has 3 aliphatic rings. The second kappa shape index (κ2) is 15.3. The Kier molecular flexibility index (Phi) is 10.4. The molecule has 2 saturated heterocycles. The minimum absolute atomic E-state index is 0.00762. The number of aromatic amines is 2. The fourth-order valence-corrected chi connectivity index (χ4v) is 7.53. The second-order valence-electron chi connectivity index (χ2n) is 14.6. The number of hydrogen-bond acceptors (Lipinski definition) is 8. The molecule has 0 aliphatic carbocycles. The van der Waals surface area contributed by atoms with Crippen LogP contribution < -0.4 is 14.8 Å². The highest BCUT2D eigenvalue weighted by Gasteiger charge is 2.38. The summed E-state index contributed by atoms with van der Waals surface area (Å²) in [7, 11) is 1.30. The molecule has 4 aromatic rings. The number of rotatable bonds is 11. The molecule has 280 valence electrons. The van der Waals surface area contributed by atoms with Crippen molar-refractivity contribution >= 4 is 17.9 Å². The summed E-state index contributed by atoms with van der Waals surface area (Å²) in [5.41, 5.74) is 3.44. The van der Waals surface area contributed by atoms with Gasteiger partial charge in [-0.25, -0.2) is 14.8 Å². The molecule has 3 aliphatic heterocycles. The zero-order valence-electron chi connectivity index (χ0n) is 31.1. The summed E-state index contributed by atoms with van der Waals surface area (Å²) in [5, 5.41) is 2.75. The van der Waals surface area contributed by atoms with E-state index in [2.05, 4.69) is 39.1 Å². The summed E-state index contributed by atoms with van der Waals surface area (Å²) >= 11 is 0. The van der Waals surface area contributed by atoms with Crippen LogP contribution in [0.15, 0.2) is 48.8 Å². The van der Waals surface area contributed by atoms with Crippen molar-refractivity contribution < 1.29 is 28.6 Å². The molecule has 5 unspecified atom stereocenters. The molecular weight excluding hydrogens is 674 g/mol. The maximum atomic E-state index is 13.7. The Bertz CT molecular complexity index is 1970. The average molecular weight is 724 g/mol. The Labute approximate surface area is 309 Å². The highest BCUT2D eigenvalue weighted by atomic mass is 16.6. The van der Waals surface area contributed by atoms with Gasteiger partial charge in [-0.3, -0.25) is 9.59 Å². The fourth-order valence-electron chi connectivity index (χ4n) is 7.53. The zero-order chi connectivity index (χ0) is 37.2. The van der Waals surface area contributed by atoms with Crippen molar-refractivity contribution in [2.75, 3.05) is 20.2 Å². The number of imidazole rings is 2. The number of hydrogen-bond donors (Lipinski definition) is 3. The lowest BCUT2D eigenvalue weighted by molar-refractivity contribution is -0.135. The molecule has 13 nitrogen and oxygen atoms in total. The van der Waals surface area contributed by atoms with Gasteiger partial charge in [-0.1, -0.05) is 40.5 Å². The first kappa shape index (κ1) is 36.0. The number of amides is 3. The van der Waals surface area contributed by atoms with Crippen molar-refractivity contribution in [1.82, 2.24) is 35.1 Å². The van der Waals surface area contributed by atoms with Gasteiger partial charge in [-0.2, -0.15) is 0 Å². The van der Waals surface area contributed by atoms with Crippen LogP contribution in [0.4, 0.5) is 4.79 Å². The first-order chi connectivity index (χ1) is 25.7. The summed E-state index contributed by atoms with van der Waals surface area (Å²) < 4.78 is 17.4. The minimum Gasteiger partial charge on any atom is -0.453 e. The van der Waals surface area contributed by atoms with Crippen LogP contribution in [0.1, 0.15) is 96.1 Å². The Morgan fingerprint density at radius 3 is 1.91 bits per heavy atom. The molecule has 5 atom stereocenters. The van der Waals surface area contributed by atoms with Gasteiger partial charge in [0.05, 0.1) is 43.0 Å². The van der Waals surface area contributed by atoms with E-state index in [0.717, 1.165) is 67.6 Å². The number of methoxy groups -OCH3 is 1. The SMILES string of the molecule is CCC(C)CC(=O)N1CCCC1c1cnc(-c2ccc3c(c2)Oc2ccc(-c4ncc(C5CCCN5C(=O)C(NC(=O)OC)C(C)CC)[nH]4)cc2O3)[nH]1.